The van der Waals surface area contributed by atoms with Crippen LogP contribution in [-0.2, 0) is 0 Å². The van der Waals surface area contributed by atoms with E-state index in [1.54, 1.807) is 0 Å². The maximum atomic E-state index is 6.58. The van der Waals surface area contributed by atoms with Crippen molar-refractivity contribution in [2.75, 3.05) is 0 Å². The molecular weight excluding hydrogens is 617 g/mol. The number of rotatable bonds is 4. The summed E-state index contributed by atoms with van der Waals surface area (Å²) in [6.07, 6.45) is 0. The highest BCUT2D eigenvalue weighted by molar-refractivity contribution is 6.24. The monoisotopic (exact) mass is 652 g/mol. The highest BCUT2D eigenvalue weighted by Crippen LogP contribution is 2.47. The Kier molecular flexibility index (Phi) is 7.67. The molecule has 0 spiro atoms. The third kappa shape index (κ3) is 5.09. The zero-order chi connectivity index (χ0) is 34.3. The van der Waals surface area contributed by atoms with Gasteiger partial charge in [0, 0.05) is 21.9 Å². The normalized spacial score (nSPS) is 11.3. The van der Waals surface area contributed by atoms with Gasteiger partial charge in [0.25, 0.3) is 0 Å². The van der Waals surface area contributed by atoms with Crippen molar-refractivity contribution in [1.29, 1.82) is 0 Å². The maximum Gasteiger partial charge on any atom is 0.143 e. The first-order valence-corrected chi connectivity index (χ1v) is 17.8. The first kappa shape index (κ1) is 30.6. The van der Waals surface area contributed by atoms with E-state index in [9.17, 15) is 0 Å². The van der Waals surface area contributed by atoms with Crippen LogP contribution in [0.4, 0.5) is 0 Å². The quantitative estimate of drug-likeness (QED) is 0.172. The van der Waals surface area contributed by atoms with Crippen LogP contribution >= 0.6 is 0 Å². The topological polar surface area (TPSA) is 13.1 Å². The van der Waals surface area contributed by atoms with Gasteiger partial charge in [-0.05, 0) is 83.9 Å². The number of benzene rings is 9. The summed E-state index contributed by atoms with van der Waals surface area (Å²) >= 11 is 0. The molecule has 0 aliphatic heterocycles. The van der Waals surface area contributed by atoms with Gasteiger partial charge in [-0.15, -0.1) is 0 Å². The molecule has 0 unspecified atom stereocenters. The van der Waals surface area contributed by atoms with Crippen LogP contribution in [0.3, 0.4) is 0 Å². The Bertz CT molecular complexity index is 2830. The summed E-state index contributed by atoms with van der Waals surface area (Å²) in [5.74, 6) is 0. The van der Waals surface area contributed by atoms with Crippen LogP contribution in [0.2, 0.25) is 0 Å². The molecule has 51 heavy (non-hydrogen) atoms. The van der Waals surface area contributed by atoms with Gasteiger partial charge >= 0.3 is 0 Å². The van der Waals surface area contributed by atoms with Gasteiger partial charge in [0.2, 0.25) is 0 Å². The van der Waals surface area contributed by atoms with Crippen LogP contribution in [0.25, 0.3) is 98.8 Å². The van der Waals surface area contributed by atoms with E-state index in [1.165, 1.54) is 71.3 Å². The summed E-state index contributed by atoms with van der Waals surface area (Å²) in [6, 6.07) is 65.7. The molecule has 0 N–H and O–H groups in total. The fraction of sp³-hybridized carbons (Fsp3) is 0.0400. The summed E-state index contributed by atoms with van der Waals surface area (Å²) in [5, 5.41) is 9.70. The number of hydrogen-bond acceptors (Lipinski definition) is 1. The van der Waals surface area contributed by atoms with E-state index in [0.29, 0.717) is 0 Å². The Morgan fingerprint density at radius 1 is 0.314 bits per heavy atom. The van der Waals surface area contributed by atoms with Crippen molar-refractivity contribution >= 4 is 54.3 Å². The fourth-order valence-electron chi connectivity index (χ4n) is 7.87. The molecule has 1 heterocycles. The second-order valence-corrected chi connectivity index (χ2v) is 12.8. The van der Waals surface area contributed by atoms with E-state index in [4.69, 9.17) is 4.42 Å². The summed E-state index contributed by atoms with van der Waals surface area (Å²) in [4.78, 5) is 0. The van der Waals surface area contributed by atoms with Gasteiger partial charge in [-0.2, -0.15) is 0 Å². The lowest BCUT2D eigenvalue weighted by Gasteiger charge is -2.18. The predicted molar refractivity (Wildman–Crippen MR) is 219 cm³/mol. The van der Waals surface area contributed by atoms with E-state index in [2.05, 4.69) is 176 Å². The molecule has 0 bridgehead atoms. The van der Waals surface area contributed by atoms with Crippen molar-refractivity contribution in [1.82, 2.24) is 0 Å². The van der Waals surface area contributed by atoms with Gasteiger partial charge in [0.15, 0.2) is 0 Å². The average molecular weight is 653 g/mol. The van der Waals surface area contributed by atoms with Gasteiger partial charge < -0.3 is 4.42 Å². The molecule has 0 radical (unpaired) electrons. The zero-order valence-corrected chi connectivity index (χ0v) is 28.7. The van der Waals surface area contributed by atoms with E-state index < -0.39 is 0 Å². The molecule has 0 atom stereocenters. The van der Waals surface area contributed by atoms with Gasteiger partial charge in [-0.25, -0.2) is 0 Å². The highest BCUT2D eigenvalue weighted by Gasteiger charge is 2.20. The molecule has 10 rings (SSSR count). The van der Waals surface area contributed by atoms with E-state index in [-0.39, 0.29) is 0 Å². The lowest BCUT2D eigenvalue weighted by atomic mass is 9.85. The Balaban J connectivity index is 0.00000171. The van der Waals surface area contributed by atoms with Crippen LogP contribution in [0.15, 0.2) is 186 Å². The van der Waals surface area contributed by atoms with Crippen molar-refractivity contribution in [3.63, 3.8) is 0 Å². The molecule has 0 fully saturated rings. The van der Waals surface area contributed by atoms with Crippen molar-refractivity contribution < 1.29 is 4.42 Å². The predicted octanol–water partition coefficient (Wildman–Crippen LogP) is 14.7. The van der Waals surface area contributed by atoms with Crippen molar-refractivity contribution in [3.8, 4) is 44.5 Å². The lowest BCUT2D eigenvalue weighted by molar-refractivity contribution is 0.670. The minimum absolute atomic E-state index is 0.913. The van der Waals surface area contributed by atoms with Gasteiger partial charge in [0.05, 0.1) is 0 Å². The number of fused-ring (bicyclic) bond motifs is 6. The molecule has 10 aromatic rings. The smallest absolute Gasteiger partial charge is 0.143 e. The molecule has 0 saturated carbocycles. The van der Waals surface area contributed by atoms with E-state index >= 15 is 0 Å². The summed E-state index contributed by atoms with van der Waals surface area (Å²) < 4.78 is 6.58. The molecule has 1 heteroatoms. The Hall–Kier alpha value is -6.44. The summed E-state index contributed by atoms with van der Waals surface area (Å²) in [5.41, 5.74) is 11.5. The average Bonchev–Trinajstić information content (AvgIpc) is 3.60. The van der Waals surface area contributed by atoms with E-state index in [0.717, 1.165) is 27.5 Å². The third-order valence-corrected chi connectivity index (χ3v) is 10.1. The number of furan rings is 1. The SMILES string of the molecule is CC.c1cc(-c2cccc(-c3c4ccccc4c(-c4cccc5c4oc4ccccc45)c4ccccc34)c2)cc(-c2cccc3ccccc23)c1. The van der Waals surface area contributed by atoms with Crippen LogP contribution in [-0.4, -0.2) is 0 Å². The zero-order valence-electron chi connectivity index (χ0n) is 28.7. The fourth-order valence-corrected chi connectivity index (χ4v) is 7.87. The van der Waals surface area contributed by atoms with Gasteiger partial charge in [-0.1, -0.05) is 178 Å². The number of hydrogen-bond donors (Lipinski definition) is 0. The second-order valence-electron chi connectivity index (χ2n) is 12.8. The number of para-hydroxylation sites is 2. The van der Waals surface area contributed by atoms with Crippen LogP contribution in [0.5, 0.6) is 0 Å². The van der Waals surface area contributed by atoms with Crippen molar-refractivity contribution in [2.24, 2.45) is 0 Å². The minimum atomic E-state index is 0.913. The summed E-state index contributed by atoms with van der Waals surface area (Å²) in [6.45, 7) is 4.00. The van der Waals surface area contributed by atoms with Crippen LogP contribution in [0.1, 0.15) is 13.8 Å². The molecule has 0 aliphatic rings. The standard InChI is InChI=1S/C48H30O.C2H6/c1-2-19-36-31(13-1)14-11-25-37(36)34-17-9-15-32(29-34)33-16-10-18-35(30-33)46-39-21-3-5-23-41(39)47(42-24-6-4-22-40(42)46)44-27-12-26-43-38-20-7-8-28-45(38)49-48(43)44;1-2/h1-30H;1-2H3. The molecule has 0 amide bonds. The van der Waals surface area contributed by atoms with Crippen LogP contribution < -0.4 is 0 Å². The maximum absolute atomic E-state index is 6.58. The lowest BCUT2D eigenvalue weighted by Crippen LogP contribution is -1.91. The molecule has 0 saturated heterocycles. The molecular formula is C50H36O. The highest BCUT2D eigenvalue weighted by atomic mass is 16.3. The molecule has 242 valence electrons. The van der Waals surface area contributed by atoms with Gasteiger partial charge in [0.1, 0.15) is 11.2 Å². The first-order valence-electron chi connectivity index (χ1n) is 17.8. The van der Waals surface area contributed by atoms with Crippen molar-refractivity contribution in [3.05, 3.63) is 182 Å². The Labute approximate surface area is 298 Å². The van der Waals surface area contributed by atoms with Crippen LogP contribution in [0, 0.1) is 0 Å². The first-order chi connectivity index (χ1) is 25.3. The molecule has 1 nitrogen and oxygen atoms in total. The Morgan fingerprint density at radius 3 is 1.47 bits per heavy atom. The molecule has 0 aliphatic carbocycles. The molecule has 9 aromatic carbocycles. The molecule has 1 aromatic heterocycles. The van der Waals surface area contributed by atoms with E-state index in [1.807, 2.05) is 19.9 Å². The van der Waals surface area contributed by atoms with Crippen molar-refractivity contribution in [2.45, 2.75) is 13.8 Å². The third-order valence-electron chi connectivity index (χ3n) is 10.1. The summed E-state index contributed by atoms with van der Waals surface area (Å²) in [7, 11) is 0. The van der Waals surface area contributed by atoms with Gasteiger partial charge in [-0.3, -0.25) is 0 Å². The second kappa shape index (κ2) is 12.8. The largest absolute Gasteiger partial charge is 0.455 e. The Morgan fingerprint density at radius 2 is 0.765 bits per heavy atom. The minimum Gasteiger partial charge on any atom is -0.455 e.